The highest BCUT2D eigenvalue weighted by Gasteiger charge is 2.24. The number of nitrogens with one attached hydrogen (secondary N) is 1. The van der Waals surface area contributed by atoms with Gasteiger partial charge in [0.1, 0.15) is 6.10 Å². The van der Waals surface area contributed by atoms with Gasteiger partial charge in [-0.1, -0.05) is 72.8 Å². The third-order valence-corrected chi connectivity index (χ3v) is 6.65. The number of amides is 1. The maximum absolute atomic E-state index is 12.8. The number of hydrogen-bond acceptors (Lipinski definition) is 4. The first kappa shape index (κ1) is 22.4. The first-order chi connectivity index (χ1) is 15.7. The van der Waals surface area contributed by atoms with Gasteiger partial charge in [-0.15, -0.1) is 11.8 Å². The summed E-state index contributed by atoms with van der Waals surface area (Å²) >= 11 is 1.76. The predicted molar refractivity (Wildman–Crippen MR) is 131 cm³/mol. The molecule has 1 heterocycles. The van der Waals surface area contributed by atoms with Crippen LogP contribution in [0.2, 0.25) is 0 Å². The number of carbonyl (C=O) groups excluding carboxylic acids is 1. The van der Waals surface area contributed by atoms with E-state index in [0.29, 0.717) is 0 Å². The van der Waals surface area contributed by atoms with Crippen LogP contribution in [0.15, 0.2) is 89.8 Å². The second-order valence-corrected chi connectivity index (χ2v) is 9.01. The van der Waals surface area contributed by atoms with Gasteiger partial charge < -0.3 is 10.1 Å². The molecule has 1 saturated heterocycles. The highest BCUT2D eigenvalue weighted by atomic mass is 32.2. The van der Waals surface area contributed by atoms with Crippen molar-refractivity contribution in [3.05, 3.63) is 102 Å². The summed E-state index contributed by atoms with van der Waals surface area (Å²) in [5.74, 6) is 0. The van der Waals surface area contributed by atoms with Crippen LogP contribution in [-0.4, -0.2) is 36.4 Å². The Morgan fingerprint density at radius 1 is 0.938 bits per heavy atom. The van der Waals surface area contributed by atoms with Crippen molar-refractivity contribution in [2.24, 2.45) is 0 Å². The quantitative estimate of drug-likeness (QED) is 0.460. The molecule has 1 aliphatic heterocycles. The summed E-state index contributed by atoms with van der Waals surface area (Å²) in [4.78, 5) is 16.5. The molecule has 1 aliphatic rings. The number of rotatable bonds is 7. The fraction of sp³-hybridized carbons (Fsp3) is 0.296. The van der Waals surface area contributed by atoms with Gasteiger partial charge in [-0.3, -0.25) is 4.90 Å². The minimum Gasteiger partial charge on any atom is -0.446 e. The summed E-state index contributed by atoms with van der Waals surface area (Å²) in [6.45, 7) is 2.81. The Morgan fingerprint density at radius 3 is 2.03 bits per heavy atom. The largest absolute Gasteiger partial charge is 0.446 e. The Labute approximate surface area is 195 Å². The summed E-state index contributed by atoms with van der Waals surface area (Å²) < 4.78 is 5.81. The van der Waals surface area contributed by atoms with Crippen LogP contribution in [0.1, 0.15) is 35.6 Å². The summed E-state index contributed by atoms with van der Waals surface area (Å²) in [5, 5.41) is 3.08. The predicted octanol–water partition coefficient (Wildman–Crippen LogP) is 5.89. The molecule has 4 nitrogen and oxygen atoms in total. The first-order valence-corrected chi connectivity index (χ1v) is 12.4. The molecule has 166 valence electrons. The molecule has 1 fully saturated rings. The molecule has 5 heteroatoms. The zero-order valence-electron chi connectivity index (χ0n) is 18.4. The molecule has 0 radical (unpaired) electrons. The molecule has 0 unspecified atom stereocenters. The van der Waals surface area contributed by atoms with Crippen molar-refractivity contribution in [1.29, 1.82) is 0 Å². The molecule has 0 aliphatic carbocycles. The number of likely N-dealkylation sites (tertiary alicyclic amines) is 1. The Kier molecular flexibility index (Phi) is 7.86. The van der Waals surface area contributed by atoms with E-state index in [0.717, 1.165) is 43.6 Å². The van der Waals surface area contributed by atoms with Gasteiger partial charge in [-0.05, 0) is 47.9 Å². The second kappa shape index (κ2) is 11.2. The number of carbonyl (C=O) groups is 1. The Hall–Kier alpha value is -2.76. The number of benzene rings is 3. The van der Waals surface area contributed by atoms with E-state index in [2.05, 4.69) is 40.7 Å². The molecule has 0 aromatic heterocycles. The molecule has 4 rings (SSSR count). The fourth-order valence-electron chi connectivity index (χ4n) is 4.13. The van der Waals surface area contributed by atoms with Crippen molar-refractivity contribution in [2.75, 3.05) is 19.3 Å². The van der Waals surface area contributed by atoms with E-state index < -0.39 is 0 Å². The van der Waals surface area contributed by atoms with Crippen LogP contribution in [0.3, 0.4) is 0 Å². The summed E-state index contributed by atoms with van der Waals surface area (Å²) in [6.07, 6.45) is 3.42. The number of hydrogen-bond donors (Lipinski definition) is 1. The highest BCUT2D eigenvalue weighted by molar-refractivity contribution is 7.98. The molecule has 0 bridgehead atoms. The molecule has 0 atom stereocenters. The fourth-order valence-corrected chi connectivity index (χ4v) is 4.54. The zero-order valence-corrected chi connectivity index (χ0v) is 19.3. The molecule has 3 aromatic rings. The second-order valence-electron chi connectivity index (χ2n) is 8.13. The van der Waals surface area contributed by atoms with Gasteiger partial charge >= 0.3 is 6.09 Å². The lowest BCUT2D eigenvalue weighted by Gasteiger charge is -2.32. The Morgan fingerprint density at radius 2 is 1.50 bits per heavy atom. The molecule has 32 heavy (non-hydrogen) atoms. The lowest BCUT2D eigenvalue weighted by Crippen LogP contribution is -2.40. The van der Waals surface area contributed by atoms with Gasteiger partial charge in [-0.2, -0.15) is 0 Å². The van der Waals surface area contributed by atoms with Gasteiger partial charge in [-0.25, -0.2) is 4.79 Å². The van der Waals surface area contributed by atoms with Crippen LogP contribution >= 0.6 is 11.8 Å². The monoisotopic (exact) mass is 446 g/mol. The molecule has 1 amide bonds. The van der Waals surface area contributed by atoms with Gasteiger partial charge in [0.2, 0.25) is 0 Å². The summed E-state index contributed by atoms with van der Waals surface area (Å²) in [7, 11) is 0. The van der Waals surface area contributed by atoms with E-state index in [1.54, 1.807) is 11.8 Å². The van der Waals surface area contributed by atoms with Crippen LogP contribution in [0.25, 0.3) is 0 Å². The van der Waals surface area contributed by atoms with E-state index in [-0.39, 0.29) is 18.2 Å². The van der Waals surface area contributed by atoms with Gasteiger partial charge in [0.05, 0.1) is 6.04 Å². The Bertz CT molecular complexity index is 932. The van der Waals surface area contributed by atoms with Crippen LogP contribution in [0.5, 0.6) is 0 Å². The van der Waals surface area contributed by atoms with Gasteiger partial charge in [0.25, 0.3) is 0 Å². The van der Waals surface area contributed by atoms with Gasteiger partial charge in [0.15, 0.2) is 0 Å². The molecule has 1 N–H and O–H groups in total. The third-order valence-electron chi connectivity index (χ3n) is 5.90. The topological polar surface area (TPSA) is 41.6 Å². The SMILES string of the molecule is CSc1ccc(CN2CCC(OC(=O)NC(c3ccccc3)c3ccccc3)CC2)cc1. The van der Waals surface area contributed by atoms with Crippen molar-refractivity contribution in [2.45, 2.75) is 36.4 Å². The average Bonchev–Trinajstić information content (AvgIpc) is 2.85. The van der Waals surface area contributed by atoms with E-state index >= 15 is 0 Å². The standard InChI is InChI=1S/C27H30N2O2S/c1-32-25-14-12-21(13-15-25)20-29-18-16-24(17-19-29)31-27(30)28-26(22-8-4-2-5-9-22)23-10-6-3-7-11-23/h2-15,24,26H,16-20H2,1H3,(H,28,30). The molecular weight excluding hydrogens is 416 g/mol. The average molecular weight is 447 g/mol. The Balaban J connectivity index is 1.30. The summed E-state index contributed by atoms with van der Waals surface area (Å²) in [5.41, 5.74) is 3.41. The minimum absolute atomic E-state index is 0.0442. The summed E-state index contributed by atoms with van der Waals surface area (Å²) in [6, 6.07) is 28.6. The normalized spacial score (nSPS) is 14.9. The van der Waals surface area contributed by atoms with E-state index in [1.807, 2.05) is 60.7 Å². The lowest BCUT2D eigenvalue weighted by atomic mass is 9.99. The number of piperidine rings is 1. The maximum atomic E-state index is 12.8. The van der Waals surface area contributed by atoms with Crippen molar-refractivity contribution in [3.63, 3.8) is 0 Å². The molecule has 0 spiro atoms. The molecule has 3 aromatic carbocycles. The van der Waals surface area contributed by atoms with Crippen LogP contribution in [-0.2, 0) is 11.3 Å². The van der Waals surface area contributed by atoms with E-state index in [9.17, 15) is 4.79 Å². The van der Waals surface area contributed by atoms with E-state index in [4.69, 9.17) is 4.74 Å². The third kappa shape index (κ3) is 6.15. The van der Waals surface area contributed by atoms with Crippen molar-refractivity contribution in [1.82, 2.24) is 10.2 Å². The van der Waals surface area contributed by atoms with E-state index in [1.165, 1.54) is 10.5 Å². The molecule has 0 saturated carbocycles. The number of nitrogens with zero attached hydrogens (tertiary/aromatic N) is 1. The lowest BCUT2D eigenvalue weighted by molar-refractivity contribution is 0.0476. The first-order valence-electron chi connectivity index (χ1n) is 11.1. The number of thioether (sulfide) groups is 1. The minimum atomic E-state index is -0.353. The molecular formula is C27H30N2O2S. The van der Waals surface area contributed by atoms with Crippen molar-refractivity contribution >= 4 is 17.9 Å². The number of alkyl carbamates (subject to hydrolysis) is 1. The van der Waals surface area contributed by atoms with Crippen LogP contribution in [0.4, 0.5) is 4.79 Å². The highest BCUT2D eigenvalue weighted by Crippen LogP contribution is 2.23. The van der Waals surface area contributed by atoms with Crippen LogP contribution in [0, 0.1) is 0 Å². The van der Waals surface area contributed by atoms with Crippen molar-refractivity contribution < 1.29 is 9.53 Å². The van der Waals surface area contributed by atoms with Crippen molar-refractivity contribution in [3.8, 4) is 0 Å². The number of ether oxygens (including phenoxy) is 1. The smallest absolute Gasteiger partial charge is 0.408 e. The van der Waals surface area contributed by atoms with Gasteiger partial charge in [0, 0.05) is 24.5 Å². The van der Waals surface area contributed by atoms with Crippen LogP contribution < -0.4 is 5.32 Å². The zero-order chi connectivity index (χ0) is 22.2. The maximum Gasteiger partial charge on any atom is 0.408 e.